The summed E-state index contributed by atoms with van der Waals surface area (Å²) >= 11 is 0. The van der Waals surface area contributed by atoms with Crippen molar-refractivity contribution in [2.75, 3.05) is 55.7 Å². The molecule has 0 fully saturated rings. The molecular weight excluding hydrogens is 530 g/mol. The highest BCUT2D eigenvalue weighted by atomic mass is 16.5. The van der Waals surface area contributed by atoms with Gasteiger partial charge >= 0.3 is 0 Å². The van der Waals surface area contributed by atoms with E-state index in [4.69, 9.17) is 38.9 Å². The lowest BCUT2D eigenvalue weighted by molar-refractivity contribution is -0.128. The Labute approximate surface area is 238 Å². The van der Waals surface area contributed by atoms with Gasteiger partial charge in [-0.25, -0.2) is 0 Å². The Bertz CT molecular complexity index is 1450. The number of allylic oxidation sites excluding steroid dienone is 1. The number of methoxy groups -OCH3 is 6. The lowest BCUT2D eigenvalue weighted by atomic mass is 9.80. The van der Waals surface area contributed by atoms with Gasteiger partial charge in [-0.3, -0.25) is 4.79 Å². The number of amides is 1. The highest BCUT2D eigenvalue weighted by Gasteiger charge is 2.39. The van der Waals surface area contributed by atoms with Gasteiger partial charge < -0.3 is 43.8 Å². The van der Waals surface area contributed by atoms with Crippen LogP contribution in [0.5, 0.6) is 34.5 Å². The summed E-state index contributed by atoms with van der Waals surface area (Å²) in [7, 11) is 9.15. The molecule has 1 atom stereocenters. The molecule has 4 rings (SSSR count). The maximum absolute atomic E-state index is 12.7. The van der Waals surface area contributed by atoms with Gasteiger partial charge in [-0.1, -0.05) is 0 Å². The third-order valence-corrected chi connectivity index (χ3v) is 7.03. The zero-order valence-corrected chi connectivity index (χ0v) is 24.1. The van der Waals surface area contributed by atoms with E-state index >= 15 is 0 Å². The van der Waals surface area contributed by atoms with Crippen molar-refractivity contribution in [3.8, 4) is 40.6 Å². The summed E-state index contributed by atoms with van der Waals surface area (Å²) in [5, 5.41) is 10.2. The molecule has 0 radical (unpaired) electrons. The van der Waals surface area contributed by atoms with E-state index in [0.29, 0.717) is 62.5 Å². The molecule has 2 aromatic carbocycles. The monoisotopic (exact) mass is 563 g/mol. The highest BCUT2D eigenvalue weighted by Crippen LogP contribution is 2.48. The Morgan fingerprint density at radius 3 is 1.85 bits per heavy atom. The van der Waals surface area contributed by atoms with Crippen LogP contribution in [0.4, 0.5) is 0 Å². The zero-order chi connectivity index (χ0) is 29.8. The first kappa shape index (κ1) is 29.0. The molecule has 0 aliphatic carbocycles. The quantitative estimate of drug-likeness (QED) is 0.506. The summed E-state index contributed by atoms with van der Waals surface area (Å²) in [4.78, 5) is 14.4. The molecule has 2 N–H and O–H groups in total. The molecular formula is C30H33N3O8. The number of carbonyl (C=O) groups excluding carboxylic acids is 1. The van der Waals surface area contributed by atoms with Crippen molar-refractivity contribution < 1.29 is 38.0 Å². The number of nitrogens with two attached hydrogens (primary N) is 1. The summed E-state index contributed by atoms with van der Waals surface area (Å²) in [6.45, 7) is 1.97. The number of ether oxygens (including phenoxy) is 7. The molecule has 1 unspecified atom stereocenters. The van der Waals surface area contributed by atoms with Crippen LogP contribution in [0.3, 0.4) is 0 Å². The second kappa shape index (κ2) is 12.0. The summed E-state index contributed by atoms with van der Waals surface area (Å²) in [5.74, 6) is 2.29. The standard InChI is InChI=1S/C30H33N3O8/c1-16(34)33-14-19(8-17-9-22(35-2)28(39-6)23(10-17)36-3)27-21(15-33)26(20(13-31)30(32)41-27)18-11-24(37-4)29(40-7)25(12-18)38-5/h8-12,26H,14-15,32H2,1-7H3/b19-8+. The minimum atomic E-state index is -0.650. The predicted octanol–water partition coefficient (Wildman–Crippen LogP) is 3.75. The van der Waals surface area contributed by atoms with E-state index in [2.05, 4.69) is 6.07 Å². The largest absolute Gasteiger partial charge is 0.493 e. The van der Waals surface area contributed by atoms with Crippen LogP contribution in [0.25, 0.3) is 6.08 Å². The van der Waals surface area contributed by atoms with Crippen LogP contribution < -0.4 is 34.2 Å². The van der Waals surface area contributed by atoms with Gasteiger partial charge in [-0.2, -0.15) is 5.26 Å². The fraction of sp³-hybridized carbons (Fsp3) is 0.333. The van der Waals surface area contributed by atoms with Crippen LogP contribution in [0, 0.1) is 11.3 Å². The second-order valence-electron chi connectivity index (χ2n) is 9.24. The van der Waals surface area contributed by atoms with Crippen molar-refractivity contribution in [1.29, 1.82) is 5.26 Å². The Hall–Kier alpha value is -4.98. The van der Waals surface area contributed by atoms with Gasteiger partial charge in [0.2, 0.25) is 23.3 Å². The topological polar surface area (TPSA) is 135 Å². The van der Waals surface area contributed by atoms with Gasteiger partial charge in [-0.05, 0) is 41.5 Å². The van der Waals surface area contributed by atoms with Crippen LogP contribution in [-0.2, 0) is 9.53 Å². The minimum Gasteiger partial charge on any atom is -0.493 e. The van der Waals surface area contributed by atoms with Crippen molar-refractivity contribution in [2.45, 2.75) is 12.8 Å². The van der Waals surface area contributed by atoms with Gasteiger partial charge in [0.15, 0.2) is 23.0 Å². The normalized spacial score (nSPS) is 17.4. The molecule has 216 valence electrons. The molecule has 2 aromatic rings. The lowest BCUT2D eigenvalue weighted by Crippen LogP contribution is -2.40. The lowest BCUT2D eigenvalue weighted by Gasteiger charge is -2.38. The summed E-state index contributed by atoms with van der Waals surface area (Å²) in [5.41, 5.74) is 9.29. The van der Waals surface area contributed by atoms with E-state index in [1.54, 1.807) is 29.2 Å². The van der Waals surface area contributed by atoms with Crippen LogP contribution in [0.1, 0.15) is 24.0 Å². The average Bonchev–Trinajstić information content (AvgIpc) is 2.98. The third kappa shape index (κ3) is 5.28. The molecule has 0 aromatic heterocycles. The van der Waals surface area contributed by atoms with Crippen molar-refractivity contribution in [2.24, 2.45) is 5.73 Å². The average molecular weight is 564 g/mol. The number of nitrogens with zero attached hydrogens (tertiary/aromatic N) is 2. The molecule has 2 heterocycles. The fourth-order valence-electron chi connectivity index (χ4n) is 5.13. The molecule has 11 nitrogen and oxygen atoms in total. The van der Waals surface area contributed by atoms with Gasteiger partial charge in [0, 0.05) is 31.2 Å². The van der Waals surface area contributed by atoms with Gasteiger partial charge in [0.25, 0.3) is 0 Å². The molecule has 0 bridgehead atoms. The van der Waals surface area contributed by atoms with E-state index in [1.165, 1.54) is 49.6 Å². The van der Waals surface area contributed by atoms with Crippen LogP contribution in [-0.4, -0.2) is 66.6 Å². The Kier molecular flexibility index (Phi) is 8.52. The fourth-order valence-corrected chi connectivity index (χ4v) is 5.13. The number of benzene rings is 2. The molecule has 41 heavy (non-hydrogen) atoms. The number of rotatable bonds is 8. The molecule has 11 heteroatoms. The van der Waals surface area contributed by atoms with Crippen molar-refractivity contribution >= 4 is 12.0 Å². The van der Waals surface area contributed by atoms with Gasteiger partial charge in [-0.15, -0.1) is 0 Å². The van der Waals surface area contributed by atoms with Crippen LogP contribution in [0.15, 0.2) is 52.6 Å². The number of hydrogen-bond acceptors (Lipinski definition) is 10. The number of nitriles is 1. The first-order valence-electron chi connectivity index (χ1n) is 12.6. The molecule has 1 amide bonds. The molecule has 2 aliphatic heterocycles. The van der Waals surface area contributed by atoms with E-state index in [9.17, 15) is 10.1 Å². The molecule has 2 aliphatic rings. The van der Waals surface area contributed by atoms with Crippen molar-refractivity contribution in [1.82, 2.24) is 4.90 Å². The first-order valence-corrected chi connectivity index (χ1v) is 12.6. The Balaban J connectivity index is 1.97. The maximum Gasteiger partial charge on any atom is 0.220 e. The van der Waals surface area contributed by atoms with E-state index in [0.717, 1.165) is 0 Å². The predicted molar refractivity (Wildman–Crippen MR) is 150 cm³/mol. The minimum absolute atomic E-state index is 0.0305. The highest BCUT2D eigenvalue weighted by molar-refractivity contribution is 5.77. The summed E-state index contributed by atoms with van der Waals surface area (Å²) in [6.07, 6.45) is 1.87. The smallest absolute Gasteiger partial charge is 0.220 e. The van der Waals surface area contributed by atoms with Gasteiger partial charge in [0.05, 0.1) is 48.6 Å². The summed E-state index contributed by atoms with van der Waals surface area (Å²) < 4.78 is 39.2. The van der Waals surface area contributed by atoms with E-state index < -0.39 is 5.92 Å². The van der Waals surface area contributed by atoms with Crippen LogP contribution in [0.2, 0.25) is 0 Å². The first-order chi connectivity index (χ1) is 19.7. The second-order valence-corrected chi connectivity index (χ2v) is 9.24. The van der Waals surface area contributed by atoms with E-state index in [1.807, 2.05) is 6.08 Å². The maximum atomic E-state index is 12.7. The van der Waals surface area contributed by atoms with Crippen molar-refractivity contribution in [3.05, 3.63) is 63.8 Å². The Morgan fingerprint density at radius 2 is 1.41 bits per heavy atom. The zero-order valence-electron chi connectivity index (χ0n) is 24.1. The molecule has 0 spiro atoms. The SMILES string of the molecule is COc1cc(/C=C2\CN(C(C)=O)CC3=C2OC(N)=C(C#N)C3c2cc(OC)c(OC)c(OC)c2)cc(OC)c1OC. The molecule has 0 saturated heterocycles. The van der Waals surface area contributed by atoms with Crippen molar-refractivity contribution in [3.63, 3.8) is 0 Å². The van der Waals surface area contributed by atoms with Crippen LogP contribution >= 0.6 is 0 Å². The van der Waals surface area contributed by atoms with E-state index in [-0.39, 0.29) is 30.5 Å². The van der Waals surface area contributed by atoms with Gasteiger partial charge in [0.1, 0.15) is 17.4 Å². The summed E-state index contributed by atoms with van der Waals surface area (Å²) in [6, 6.07) is 9.32. The number of hydrogen-bond donors (Lipinski definition) is 1. The third-order valence-electron chi connectivity index (χ3n) is 7.03. The Morgan fingerprint density at radius 1 is 0.902 bits per heavy atom. The number of carbonyl (C=O) groups is 1. The molecule has 0 saturated carbocycles.